The summed E-state index contributed by atoms with van der Waals surface area (Å²) in [5, 5.41) is 7.39. The number of rotatable bonds is 9. The summed E-state index contributed by atoms with van der Waals surface area (Å²) in [5.41, 5.74) is 1.39. The normalized spacial score (nSPS) is 20.5. The van der Waals surface area contributed by atoms with Gasteiger partial charge in [-0.1, -0.05) is 38.5 Å². The number of benzene rings is 1. The molecule has 2 saturated carbocycles. The predicted molar refractivity (Wildman–Crippen MR) is 157 cm³/mol. The summed E-state index contributed by atoms with van der Waals surface area (Å²) >= 11 is 0. The van der Waals surface area contributed by atoms with Crippen molar-refractivity contribution in [2.24, 2.45) is 0 Å². The number of nitrogens with one attached hydrogen (secondary N) is 3. The molecule has 0 bridgehead atoms. The Hall–Kier alpha value is -2.04. The molecule has 1 aliphatic heterocycles. The highest BCUT2D eigenvalue weighted by atomic mass is 32.2. The van der Waals surface area contributed by atoms with E-state index in [-0.39, 0.29) is 6.09 Å². The predicted octanol–water partition coefficient (Wildman–Crippen LogP) is 5.01. The molecule has 10 heteroatoms. The second-order valence-electron chi connectivity index (χ2n) is 12.4. The summed E-state index contributed by atoms with van der Waals surface area (Å²) in [4.78, 5) is 16.5. The van der Waals surface area contributed by atoms with Crippen LogP contribution in [0.25, 0.3) is 0 Å². The number of ether oxygens (including phenoxy) is 1. The van der Waals surface area contributed by atoms with Crippen molar-refractivity contribution in [2.75, 3.05) is 49.9 Å². The van der Waals surface area contributed by atoms with Crippen molar-refractivity contribution < 1.29 is 17.9 Å². The second kappa shape index (κ2) is 13.5. The molecule has 3 aliphatic rings. The molecule has 39 heavy (non-hydrogen) atoms. The van der Waals surface area contributed by atoms with Gasteiger partial charge >= 0.3 is 6.09 Å². The van der Waals surface area contributed by atoms with Crippen LogP contribution >= 0.6 is 0 Å². The molecule has 0 atom stereocenters. The van der Waals surface area contributed by atoms with Crippen molar-refractivity contribution in [2.45, 2.75) is 108 Å². The number of carbonyl (C=O) groups is 1. The zero-order chi connectivity index (χ0) is 27.9. The Balaban J connectivity index is 1.33. The first-order chi connectivity index (χ1) is 18.6. The fourth-order valence-electron chi connectivity index (χ4n) is 5.77. The van der Waals surface area contributed by atoms with E-state index in [9.17, 15) is 13.2 Å². The minimum atomic E-state index is -3.65. The standard InChI is InChI=1S/C29H49N5O4S/c1-29(2,3)38-28(35)34-20-18-33(19-21-34)17-16-30-39(36,37)25-14-15-26(31-23-10-6-4-7-11-23)27(22-25)32-24-12-8-5-9-13-24/h14-15,22-24,30-32H,4-13,16-21H2,1-3H3. The van der Waals surface area contributed by atoms with Gasteiger partial charge in [-0.25, -0.2) is 17.9 Å². The number of piperazine rings is 1. The highest BCUT2D eigenvalue weighted by Crippen LogP contribution is 2.32. The molecule has 3 fully saturated rings. The number of carbonyl (C=O) groups excluding carboxylic acids is 1. The van der Waals surface area contributed by atoms with Gasteiger partial charge in [0.2, 0.25) is 10.0 Å². The van der Waals surface area contributed by atoms with Crippen LogP contribution in [0.5, 0.6) is 0 Å². The third-order valence-electron chi connectivity index (χ3n) is 7.98. The van der Waals surface area contributed by atoms with E-state index in [0.29, 0.717) is 56.2 Å². The van der Waals surface area contributed by atoms with Crippen LogP contribution in [0.1, 0.15) is 85.0 Å². The van der Waals surface area contributed by atoms with Crippen molar-refractivity contribution in [1.29, 1.82) is 0 Å². The molecular formula is C29H49N5O4S. The third-order valence-corrected chi connectivity index (χ3v) is 9.43. The first kappa shape index (κ1) is 29.9. The summed E-state index contributed by atoms with van der Waals surface area (Å²) in [6.45, 7) is 9.05. The first-order valence-electron chi connectivity index (χ1n) is 15.0. The molecule has 0 aromatic heterocycles. The van der Waals surface area contributed by atoms with Crippen LogP contribution in [-0.4, -0.2) is 81.3 Å². The van der Waals surface area contributed by atoms with Crippen LogP contribution in [0.3, 0.4) is 0 Å². The van der Waals surface area contributed by atoms with Gasteiger partial charge in [0, 0.05) is 51.4 Å². The molecule has 1 aromatic rings. The monoisotopic (exact) mass is 563 g/mol. The third kappa shape index (κ3) is 9.25. The fourth-order valence-corrected chi connectivity index (χ4v) is 6.82. The SMILES string of the molecule is CC(C)(C)OC(=O)N1CCN(CCNS(=O)(=O)c2ccc(NC3CCCCC3)c(NC3CCCCC3)c2)CC1. The summed E-state index contributed by atoms with van der Waals surface area (Å²) in [5.74, 6) is 0. The Bertz CT molecular complexity index is 1040. The number of anilines is 2. The van der Waals surface area contributed by atoms with Gasteiger partial charge in [0.05, 0.1) is 16.3 Å². The van der Waals surface area contributed by atoms with Gasteiger partial charge < -0.3 is 20.3 Å². The van der Waals surface area contributed by atoms with E-state index in [1.807, 2.05) is 32.9 Å². The topological polar surface area (TPSA) is 103 Å². The van der Waals surface area contributed by atoms with Gasteiger partial charge in [-0.2, -0.15) is 0 Å². The number of sulfonamides is 1. The maximum absolute atomic E-state index is 13.2. The van der Waals surface area contributed by atoms with E-state index in [0.717, 1.165) is 37.1 Å². The first-order valence-corrected chi connectivity index (χ1v) is 16.4. The molecule has 0 spiro atoms. The van der Waals surface area contributed by atoms with Crippen molar-refractivity contribution in [3.8, 4) is 0 Å². The number of amides is 1. The van der Waals surface area contributed by atoms with Crippen LogP contribution in [0.15, 0.2) is 23.1 Å². The summed E-state index contributed by atoms with van der Waals surface area (Å²) < 4.78 is 34.8. The Kier molecular flexibility index (Phi) is 10.4. The van der Waals surface area contributed by atoms with E-state index in [4.69, 9.17) is 4.74 Å². The van der Waals surface area contributed by atoms with Gasteiger partial charge in [0.15, 0.2) is 0 Å². The van der Waals surface area contributed by atoms with Crippen LogP contribution in [0.2, 0.25) is 0 Å². The van der Waals surface area contributed by atoms with Crippen molar-refractivity contribution in [3.05, 3.63) is 18.2 Å². The maximum atomic E-state index is 13.2. The lowest BCUT2D eigenvalue weighted by atomic mass is 9.94. The van der Waals surface area contributed by atoms with E-state index < -0.39 is 15.6 Å². The molecule has 3 N–H and O–H groups in total. The van der Waals surface area contributed by atoms with E-state index in [1.165, 1.54) is 38.5 Å². The van der Waals surface area contributed by atoms with Gasteiger partial charge in [-0.15, -0.1) is 0 Å². The lowest BCUT2D eigenvalue weighted by Crippen LogP contribution is -2.51. The minimum absolute atomic E-state index is 0.290. The number of nitrogens with zero attached hydrogens (tertiary/aromatic N) is 2. The highest BCUT2D eigenvalue weighted by Gasteiger charge is 2.26. The second-order valence-corrected chi connectivity index (χ2v) is 14.1. The average molecular weight is 564 g/mol. The number of hydrogen-bond acceptors (Lipinski definition) is 7. The Morgan fingerprint density at radius 2 is 1.44 bits per heavy atom. The average Bonchev–Trinajstić information content (AvgIpc) is 2.90. The molecule has 1 heterocycles. The Labute approximate surface area is 235 Å². The van der Waals surface area contributed by atoms with Crippen LogP contribution < -0.4 is 15.4 Å². The zero-order valence-corrected chi connectivity index (χ0v) is 25.0. The zero-order valence-electron chi connectivity index (χ0n) is 24.1. The molecule has 1 saturated heterocycles. The fraction of sp³-hybridized carbons (Fsp3) is 0.759. The molecule has 4 rings (SSSR count). The molecule has 1 amide bonds. The maximum Gasteiger partial charge on any atom is 0.410 e. The van der Waals surface area contributed by atoms with Gasteiger partial charge in [0.25, 0.3) is 0 Å². The largest absolute Gasteiger partial charge is 0.444 e. The van der Waals surface area contributed by atoms with Crippen molar-refractivity contribution >= 4 is 27.5 Å². The van der Waals surface area contributed by atoms with Crippen molar-refractivity contribution in [3.63, 3.8) is 0 Å². The molecule has 0 radical (unpaired) electrons. The van der Waals surface area contributed by atoms with Gasteiger partial charge in [-0.3, -0.25) is 4.90 Å². The lowest BCUT2D eigenvalue weighted by molar-refractivity contribution is 0.0147. The van der Waals surface area contributed by atoms with Crippen LogP contribution in [-0.2, 0) is 14.8 Å². The molecular weight excluding hydrogens is 514 g/mol. The molecule has 9 nitrogen and oxygen atoms in total. The van der Waals surface area contributed by atoms with E-state index in [1.54, 1.807) is 11.0 Å². The Morgan fingerprint density at radius 1 is 0.872 bits per heavy atom. The molecule has 1 aromatic carbocycles. The van der Waals surface area contributed by atoms with Crippen LogP contribution in [0.4, 0.5) is 16.2 Å². The van der Waals surface area contributed by atoms with Crippen molar-refractivity contribution in [1.82, 2.24) is 14.5 Å². The smallest absolute Gasteiger partial charge is 0.410 e. The van der Waals surface area contributed by atoms with Gasteiger partial charge in [-0.05, 0) is 64.7 Å². The quantitative estimate of drug-likeness (QED) is 0.388. The highest BCUT2D eigenvalue weighted by molar-refractivity contribution is 7.89. The summed E-state index contributed by atoms with van der Waals surface area (Å²) in [7, 11) is -3.65. The van der Waals surface area contributed by atoms with Gasteiger partial charge in [0.1, 0.15) is 5.60 Å². The minimum Gasteiger partial charge on any atom is -0.444 e. The molecule has 220 valence electrons. The number of hydrogen-bond donors (Lipinski definition) is 3. The molecule has 0 unspecified atom stereocenters. The van der Waals surface area contributed by atoms with Crippen LogP contribution in [0, 0.1) is 0 Å². The summed E-state index contributed by atoms with van der Waals surface area (Å²) in [6.07, 6.45) is 11.8. The molecule has 2 aliphatic carbocycles. The van der Waals surface area contributed by atoms with E-state index >= 15 is 0 Å². The lowest BCUT2D eigenvalue weighted by Gasteiger charge is -2.35. The summed E-state index contributed by atoms with van der Waals surface area (Å²) in [6, 6.07) is 6.29. The Morgan fingerprint density at radius 3 is 2.00 bits per heavy atom. The van der Waals surface area contributed by atoms with E-state index in [2.05, 4.69) is 20.3 Å².